The van der Waals surface area contributed by atoms with Gasteiger partial charge in [-0.15, -0.1) is 0 Å². The Bertz CT molecular complexity index is 480. The molecule has 0 aliphatic rings. The van der Waals surface area contributed by atoms with E-state index in [-0.39, 0.29) is 6.42 Å². The summed E-state index contributed by atoms with van der Waals surface area (Å²) in [5, 5.41) is 46.5. The van der Waals surface area contributed by atoms with E-state index in [9.17, 15) is 30.0 Å². The number of carbonyl (C=O) groups is 2. The Morgan fingerprint density at radius 2 is 1.33 bits per heavy atom. The van der Waals surface area contributed by atoms with Gasteiger partial charge in [-0.1, -0.05) is 57.6 Å². The zero-order chi connectivity index (χ0) is 22.8. The monoisotopic (exact) mass is 432 g/mol. The van der Waals surface area contributed by atoms with Gasteiger partial charge in [-0.2, -0.15) is 0 Å². The van der Waals surface area contributed by atoms with Crippen LogP contribution < -0.4 is 0 Å². The van der Waals surface area contributed by atoms with Gasteiger partial charge >= 0.3 is 11.9 Å². The van der Waals surface area contributed by atoms with Crippen LogP contribution in [-0.2, 0) is 14.3 Å². The number of aliphatic hydroxyl groups is 5. The van der Waals surface area contributed by atoms with Gasteiger partial charge in [0.05, 0.1) is 6.61 Å². The first-order valence-electron chi connectivity index (χ1n) is 11.1. The molecule has 0 aromatic heterocycles. The van der Waals surface area contributed by atoms with Crippen LogP contribution in [0.4, 0.5) is 0 Å². The molecule has 5 N–H and O–H groups in total. The van der Waals surface area contributed by atoms with Gasteiger partial charge in [0.2, 0.25) is 0 Å². The van der Waals surface area contributed by atoms with Crippen molar-refractivity contribution in [1.82, 2.24) is 0 Å². The van der Waals surface area contributed by atoms with E-state index >= 15 is 0 Å². The number of aliphatic hydroxyl groups excluding tert-OH is 5. The average Bonchev–Trinajstić information content (AvgIpc) is 2.74. The number of hydrogen-bond acceptors (Lipinski definition) is 8. The van der Waals surface area contributed by atoms with Crippen LogP contribution in [0.2, 0.25) is 0 Å². The number of unbranched alkanes of at least 4 members (excludes halogenated alkanes) is 9. The zero-order valence-electron chi connectivity index (χ0n) is 18.1. The van der Waals surface area contributed by atoms with E-state index in [1.165, 1.54) is 25.7 Å². The van der Waals surface area contributed by atoms with E-state index in [2.05, 4.69) is 23.8 Å². The minimum absolute atomic E-state index is 0.00797. The first-order chi connectivity index (χ1) is 14.3. The summed E-state index contributed by atoms with van der Waals surface area (Å²) < 4.78 is 4.45. The molecule has 0 heterocycles. The highest BCUT2D eigenvalue weighted by atomic mass is 16.6. The Balaban J connectivity index is 3.78. The maximum atomic E-state index is 11.6. The van der Waals surface area contributed by atoms with E-state index in [1.807, 2.05) is 0 Å². The van der Waals surface area contributed by atoms with Gasteiger partial charge in [-0.3, -0.25) is 4.79 Å². The lowest BCUT2D eigenvalue weighted by molar-refractivity contribution is -0.176. The summed E-state index contributed by atoms with van der Waals surface area (Å²) in [6, 6.07) is 0. The molecule has 0 aromatic rings. The number of carbonyl (C=O) groups excluding carboxylic acids is 2. The molecule has 0 aliphatic heterocycles. The molecular formula is C22H40O8. The highest BCUT2D eigenvalue weighted by molar-refractivity contribution is 5.88. The molecule has 0 saturated heterocycles. The van der Waals surface area contributed by atoms with Crippen LogP contribution in [0.3, 0.4) is 0 Å². The maximum Gasteiger partial charge on any atom is 0.345 e. The molecule has 0 bridgehead atoms. The van der Waals surface area contributed by atoms with Crippen molar-refractivity contribution in [3.05, 3.63) is 12.2 Å². The third-order valence-corrected chi connectivity index (χ3v) is 4.85. The van der Waals surface area contributed by atoms with Gasteiger partial charge in [0.15, 0.2) is 6.10 Å². The van der Waals surface area contributed by atoms with Crippen LogP contribution in [0.1, 0.15) is 84.0 Å². The van der Waals surface area contributed by atoms with Crippen LogP contribution >= 0.6 is 0 Å². The molecule has 8 heteroatoms. The molecule has 0 unspecified atom stereocenters. The van der Waals surface area contributed by atoms with Crippen molar-refractivity contribution in [2.24, 2.45) is 0 Å². The number of hydrogen-bond donors (Lipinski definition) is 5. The summed E-state index contributed by atoms with van der Waals surface area (Å²) in [6.07, 6.45) is 8.30. The fourth-order valence-electron chi connectivity index (χ4n) is 2.87. The van der Waals surface area contributed by atoms with Gasteiger partial charge in [0.1, 0.15) is 18.3 Å². The van der Waals surface area contributed by atoms with Crippen LogP contribution in [0.15, 0.2) is 12.2 Å². The summed E-state index contributed by atoms with van der Waals surface area (Å²) >= 11 is 0. The molecule has 0 rings (SSSR count). The van der Waals surface area contributed by atoms with Gasteiger partial charge < -0.3 is 30.3 Å². The van der Waals surface area contributed by atoms with Crippen LogP contribution in [-0.4, -0.2) is 68.5 Å². The number of ether oxygens (including phenoxy) is 1. The lowest BCUT2D eigenvalue weighted by Crippen LogP contribution is -2.49. The Labute approximate surface area is 179 Å². The van der Waals surface area contributed by atoms with Gasteiger partial charge in [0.25, 0.3) is 0 Å². The minimum Gasteiger partial charge on any atom is -0.394 e. The zero-order valence-corrected chi connectivity index (χ0v) is 18.1. The van der Waals surface area contributed by atoms with E-state index in [0.29, 0.717) is 6.42 Å². The Morgan fingerprint density at radius 3 is 1.90 bits per heavy atom. The third kappa shape index (κ3) is 13.8. The van der Waals surface area contributed by atoms with Gasteiger partial charge in [-0.25, -0.2) is 4.79 Å². The molecule has 0 spiro atoms. The van der Waals surface area contributed by atoms with Crippen molar-refractivity contribution >= 4 is 11.9 Å². The van der Waals surface area contributed by atoms with Crippen LogP contribution in [0, 0.1) is 0 Å². The van der Waals surface area contributed by atoms with Crippen molar-refractivity contribution in [2.45, 2.75) is 108 Å². The molecule has 4 atom stereocenters. The molecule has 0 aliphatic carbocycles. The highest BCUT2D eigenvalue weighted by Gasteiger charge is 2.35. The van der Waals surface area contributed by atoms with E-state index in [1.54, 1.807) is 0 Å². The summed E-state index contributed by atoms with van der Waals surface area (Å²) in [5.41, 5.74) is 0. The normalized spacial score (nSPS) is 15.7. The SMILES string of the molecule is CCCCCC/C=C\CCCCCCCC(=O)OC(=O)[C@H](O)[C@@H](O)[C@H](O)[C@H](O)CO. The van der Waals surface area contributed by atoms with Crippen molar-refractivity contribution in [3.63, 3.8) is 0 Å². The number of esters is 2. The summed E-state index contributed by atoms with van der Waals surface area (Å²) in [5.74, 6) is -2.23. The third-order valence-electron chi connectivity index (χ3n) is 4.85. The molecule has 8 nitrogen and oxygen atoms in total. The fraction of sp³-hybridized carbons (Fsp3) is 0.818. The van der Waals surface area contributed by atoms with Crippen molar-refractivity contribution in [3.8, 4) is 0 Å². The van der Waals surface area contributed by atoms with E-state index < -0.39 is 43.0 Å². The van der Waals surface area contributed by atoms with Crippen molar-refractivity contribution in [2.75, 3.05) is 6.61 Å². The largest absolute Gasteiger partial charge is 0.394 e. The number of allylic oxidation sites excluding steroid dienone is 2. The topological polar surface area (TPSA) is 145 Å². The molecule has 0 fully saturated rings. The molecule has 0 radical (unpaired) electrons. The maximum absolute atomic E-state index is 11.6. The smallest absolute Gasteiger partial charge is 0.345 e. The molecule has 30 heavy (non-hydrogen) atoms. The van der Waals surface area contributed by atoms with Crippen molar-refractivity contribution in [1.29, 1.82) is 0 Å². The second-order valence-electron chi connectivity index (χ2n) is 7.60. The van der Waals surface area contributed by atoms with Gasteiger partial charge in [-0.05, 0) is 32.1 Å². The molecule has 0 aromatic carbocycles. The molecule has 0 amide bonds. The Kier molecular flexibility index (Phi) is 17.6. The quantitative estimate of drug-likeness (QED) is 0.0953. The number of rotatable bonds is 18. The predicted molar refractivity (Wildman–Crippen MR) is 112 cm³/mol. The lowest BCUT2D eigenvalue weighted by atomic mass is 10.0. The second kappa shape index (κ2) is 18.4. The molecule has 0 saturated carbocycles. The average molecular weight is 433 g/mol. The standard InChI is InChI=1S/C22H40O8/c1-2-3-4-5-6-7-8-9-10-11-12-13-14-15-18(25)30-22(29)21(28)20(27)19(26)17(24)16-23/h7-8,17,19-21,23-24,26-28H,2-6,9-16H2,1H3/b8-7-/t17-,19-,20+,21-/m1/s1. The summed E-state index contributed by atoms with van der Waals surface area (Å²) in [4.78, 5) is 23.3. The summed E-state index contributed by atoms with van der Waals surface area (Å²) in [7, 11) is 0. The second-order valence-corrected chi connectivity index (χ2v) is 7.60. The molecule has 176 valence electrons. The minimum atomic E-state index is -2.20. The van der Waals surface area contributed by atoms with Gasteiger partial charge in [0, 0.05) is 6.42 Å². The van der Waals surface area contributed by atoms with Crippen LogP contribution in [0.5, 0.6) is 0 Å². The highest BCUT2D eigenvalue weighted by Crippen LogP contribution is 2.11. The predicted octanol–water partition coefficient (Wildman–Crippen LogP) is 1.75. The van der Waals surface area contributed by atoms with Crippen LogP contribution in [0.25, 0.3) is 0 Å². The molecular weight excluding hydrogens is 392 g/mol. The first kappa shape index (κ1) is 28.7. The summed E-state index contributed by atoms with van der Waals surface area (Å²) in [6.45, 7) is 1.34. The Morgan fingerprint density at radius 1 is 0.800 bits per heavy atom. The fourth-order valence-corrected chi connectivity index (χ4v) is 2.87. The lowest BCUT2D eigenvalue weighted by Gasteiger charge is -2.24. The Hall–Kier alpha value is -1.32. The van der Waals surface area contributed by atoms with E-state index in [0.717, 1.165) is 38.5 Å². The first-order valence-corrected chi connectivity index (χ1v) is 11.1. The van der Waals surface area contributed by atoms with E-state index in [4.69, 9.17) is 5.11 Å². The van der Waals surface area contributed by atoms with Crippen molar-refractivity contribution < 1.29 is 39.9 Å².